The van der Waals surface area contributed by atoms with Gasteiger partial charge in [0.25, 0.3) is 0 Å². The molecule has 0 spiro atoms. The summed E-state index contributed by atoms with van der Waals surface area (Å²) < 4.78 is 0. The highest BCUT2D eigenvalue weighted by Gasteiger charge is 2.31. The van der Waals surface area contributed by atoms with Crippen LogP contribution in [0.25, 0.3) is 0 Å². The van der Waals surface area contributed by atoms with E-state index >= 15 is 0 Å². The standard InChI is InChI=1S/C14H27N3O2/c1-11(2)13-14(19)17(10-7-12(18)15-13)9-6-5-8-16(3)4/h11,13H,5-10H2,1-4H3,(H,15,18). The van der Waals surface area contributed by atoms with Crippen LogP contribution in [0.1, 0.15) is 33.1 Å². The maximum Gasteiger partial charge on any atom is 0.245 e. The lowest BCUT2D eigenvalue weighted by Crippen LogP contribution is -2.47. The number of nitrogens with zero attached hydrogens (tertiary/aromatic N) is 2. The molecule has 0 aromatic heterocycles. The Morgan fingerprint density at radius 2 is 2.00 bits per heavy atom. The average molecular weight is 269 g/mol. The Balaban J connectivity index is 2.51. The van der Waals surface area contributed by atoms with E-state index < -0.39 is 0 Å². The van der Waals surface area contributed by atoms with Crippen molar-refractivity contribution in [1.29, 1.82) is 0 Å². The summed E-state index contributed by atoms with van der Waals surface area (Å²) in [5.41, 5.74) is 0. The summed E-state index contributed by atoms with van der Waals surface area (Å²) in [6.07, 6.45) is 2.48. The van der Waals surface area contributed by atoms with Gasteiger partial charge in [0, 0.05) is 19.5 Å². The van der Waals surface area contributed by atoms with Gasteiger partial charge in [-0.1, -0.05) is 13.8 Å². The molecular weight excluding hydrogens is 242 g/mol. The summed E-state index contributed by atoms with van der Waals surface area (Å²) in [4.78, 5) is 28.0. The second-order valence-electron chi connectivity index (χ2n) is 5.87. The molecule has 5 heteroatoms. The lowest BCUT2D eigenvalue weighted by molar-refractivity contribution is -0.134. The summed E-state index contributed by atoms with van der Waals surface area (Å²) in [7, 11) is 4.10. The molecule has 1 saturated heterocycles. The molecule has 1 aliphatic heterocycles. The first-order chi connectivity index (χ1) is 8.91. The smallest absolute Gasteiger partial charge is 0.245 e. The first-order valence-corrected chi connectivity index (χ1v) is 7.14. The van der Waals surface area contributed by atoms with Gasteiger partial charge in [0.15, 0.2) is 0 Å². The largest absolute Gasteiger partial charge is 0.344 e. The van der Waals surface area contributed by atoms with Crippen LogP contribution < -0.4 is 5.32 Å². The quantitative estimate of drug-likeness (QED) is 0.722. The minimum Gasteiger partial charge on any atom is -0.344 e. The molecule has 2 amide bonds. The molecule has 0 aliphatic carbocycles. The van der Waals surface area contributed by atoms with E-state index in [9.17, 15) is 9.59 Å². The molecule has 1 N–H and O–H groups in total. The molecule has 1 rings (SSSR count). The molecule has 5 nitrogen and oxygen atoms in total. The Labute approximate surface area is 116 Å². The Kier molecular flexibility index (Phi) is 6.28. The highest BCUT2D eigenvalue weighted by molar-refractivity contribution is 5.90. The SMILES string of the molecule is CC(C)C1NC(=O)CCN(CCCCN(C)C)C1=O. The Morgan fingerprint density at radius 1 is 1.32 bits per heavy atom. The number of unbranched alkanes of at least 4 members (excludes halogenated alkanes) is 1. The van der Waals surface area contributed by atoms with Crippen LogP contribution in [-0.4, -0.2) is 61.4 Å². The van der Waals surface area contributed by atoms with E-state index in [4.69, 9.17) is 0 Å². The number of rotatable bonds is 6. The molecule has 1 fully saturated rings. The lowest BCUT2D eigenvalue weighted by Gasteiger charge is -2.26. The summed E-state index contributed by atoms with van der Waals surface area (Å²) >= 11 is 0. The first-order valence-electron chi connectivity index (χ1n) is 7.14. The van der Waals surface area contributed by atoms with Crippen molar-refractivity contribution in [2.24, 2.45) is 5.92 Å². The normalized spacial score (nSPS) is 20.9. The van der Waals surface area contributed by atoms with Crippen molar-refractivity contribution in [2.75, 3.05) is 33.7 Å². The fourth-order valence-electron chi connectivity index (χ4n) is 2.26. The van der Waals surface area contributed by atoms with E-state index in [0.717, 1.165) is 25.9 Å². The molecule has 1 aliphatic rings. The van der Waals surface area contributed by atoms with Gasteiger partial charge in [0.2, 0.25) is 11.8 Å². The Hall–Kier alpha value is -1.10. The zero-order chi connectivity index (χ0) is 14.4. The van der Waals surface area contributed by atoms with Crippen molar-refractivity contribution in [3.05, 3.63) is 0 Å². The van der Waals surface area contributed by atoms with Gasteiger partial charge in [-0.05, 0) is 39.4 Å². The number of carbonyl (C=O) groups excluding carboxylic acids is 2. The lowest BCUT2D eigenvalue weighted by atomic mass is 10.0. The number of amides is 2. The molecule has 0 saturated carbocycles. The number of nitrogens with one attached hydrogen (secondary N) is 1. The zero-order valence-electron chi connectivity index (χ0n) is 12.6. The number of hydrogen-bond donors (Lipinski definition) is 1. The van der Waals surface area contributed by atoms with Gasteiger partial charge in [-0.25, -0.2) is 0 Å². The van der Waals surface area contributed by atoms with Crippen molar-refractivity contribution in [1.82, 2.24) is 15.1 Å². The Morgan fingerprint density at radius 3 is 2.58 bits per heavy atom. The van der Waals surface area contributed by atoms with Crippen molar-refractivity contribution in [3.8, 4) is 0 Å². The topological polar surface area (TPSA) is 52.7 Å². The third kappa shape index (κ3) is 5.19. The maximum atomic E-state index is 12.4. The van der Waals surface area contributed by atoms with E-state index in [0.29, 0.717) is 13.0 Å². The Bertz CT molecular complexity index is 316. The number of carbonyl (C=O) groups is 2. The highest BCUT2D eigenvalue weighted by Crippen LogP contribution is 2.11. The minimum absolute atomic E-state index is 0.0113. The van der Waals surface area contributed by atoms with Crippen LogP contribution in [0.15, 0.2) is 0 Å². The van der Waals surface area contributed by atoms with Gasteiger partial charge in [-0.3, -0.25) is 9.59 Å². The van der Waals surface area contributed by atoms with E-state index in [2.05, 4.69) is 24.3 Å². The molecule has 0 aromatic rings. The van der Waals surface area contributed by atoms with Gasteiger partial charge in [-0.15, -0.1) is 0 Å². The van der Waals surface area contributed by atoms with Crippen LogP contribution in [0.5, 0.6) is 0 Å². The first kappa shape index (κ1) is 16.0. The predicted molar refractivity (Wildman–Crippen MR) is 75.8 cm³/mol. The van der Waals surface area contributed by atoms with E-state index in [1.807, 2.05) is 18.7 Å². The van der Waals surface area contributed by atoms with Gasteiger partial charge >= 0.3 is 0 Å². The van der Waals surface area contributed by atoms with Gasteiger partial charge in [0.05, 0.1) is 0 Å². The molecule has 0 radical (unpaired) electrons. The molecule has 0 aromatic carbocycles. The fraction of sp³-hybridized carbons (Fsp3) is 0.857. The molecule has 1 atom stereocenters. The third-order valence-corrected chi connectivity index (χ3v) is 3.45. The minimum atomic E-state index is -0.358. The van der Waals surface area contributed by atoms with Crippen LogP contribution in [0, 0.1) is 5.92 Å². The van der Waals surface area contributed by atoms with Gasteiger partial charge < -0.3 is 15.1 Å². The molecule has 1 heterocycles. The molecular formula is C14H27N3O2. The van der Waals surface area contributed by atoms with Gasteiger partial charge in [-0.2, -0.15) is 0 Å². The van der Waals surface area contributed by atoms with E-state index in [-0.39, 0.29) is 23.8 Å². The molecule has 110 valence electrons. The summed E-state index contributed by atoms with van der Waals surface area (Å²) in [5, 5.41) is 2.83. The van der Waals surface area contributed by atoms with E-state index in [1.54, 1.807) is 0 Å². The highest BCUT2D eigenvalue weighted by atomic mass is 16.2. The second kappa shape index (κ2) is 7.48. The van der Waals surface area contributed by atoms with Crippen molar-refractivity contribution in [3.63, 3.8) is 0 Å². The van der Waals surface area contributed by atoms with Crippen molar-refractivity contribution in [2.45, 2.75) is 39.2 Å². The monoisotopic (exact) mass is 269 g/mol. The number of hydrogen-bond acceptors (Lipinski definition) is 3. The summed E-state index contributed by atoms with van der Waals surface area (Å²) in [6, 6.07) is -0.358. The van der Waals surface area contributed by atoms with Crippen LogP contribution >= 0.6 is 0 Å². The fourth-order valence-corrected chi connectivity index (χ4v) is 2.26. The molecule has 0 bridgehead atoms. The van der Waals surface area contributed by atoms with Crippen molar-refractivity contribution < 1.29 is 9.59 Å². The molecule has 19 heavy (non-hydrogen) atoms. The van der Waals surface area contributed by atoms with E-state index in [1.165, 1.54) is 0 Å². The van der Waals surface area contributed by atoms with Crippen molar-refractivity contribution >= 4 is 11.8 Å². The van der Waals surface area contributed by atoms with Crippen LogP contribution in [0.4, 0.5) is 0 Å². The molecule has 1 unspecified atom stereocenters. The predicted octanol–water partition coefficient (Wildman–Crippen LogP) is 0.701. The summed E-state index contributed by atoms with van der Waals surface area (Å²) in [5.74, 6) is 0.201. The van der Waals surface area contributed by atoms with Gasteiger partial charge in [0.1, 0.15) is 6.04 Å². The van der Waals surface area contributed by atoms with Crippen LogP contribution in [0.3, 0.4) is 0 Å². The maximum absolute atomic E-state index is 12.4. The summed E-state index contributed by atoms with van der Waals surface area (Å²) in [6.45, 7) is 6.28. The average Bonchev–Trinajstić information content (AvgIpc) is 2.46. The van der Waals surface area contributed by atoms with Crippen LogP contribution in [-0.2, 0) is 9.59 Å². The van der Waals surface area contributed by atoms with Crippen LogP contribution in [0.2, 0.25) is 0 Å². The zero-order valence-corrected chi connectivity index (χ0v) is 12.6. The third-order valence-electron chi connectivity index (χ3n) is 3.45. The second-order valence-corrected chi connectivity index (χ2v) is 5.87.